The van der Waals surface area contributed by atoms with Crippen LogP contribution in [-0.2, 0) is 0 Å². The van der Waals surface area contributed by atoms with E-state index in [-0.39, 0.29) is 0 Å². The molecule has 20 heavy (non-hydrogen) atoms. The first-order valence-electron chi connectivity index (χ1n) is 6.84. The zero-order valence-corrected chi connectivity index (χ0v) is 13.2. The fraction of sp³-hybridized carbons (Fsp3) is 0.294. The minimum atomic E-state index is 0.811. The molecule has 0 fully saturated rings. The summed E-state index contributed by atoms with van der Waals surface area (Å²) < 4.78 is 0. The predicted molar refractivity (Wildman–Crippen MR) is 92.1 cm³/mol. The highest BCUT2D eigenvalue weighted by molar-refractivity contribution is 5.54. The molecule has 0 amide bonds. The zero-order chi connectivity index (χ0) is 15.5. The number of hydrogen-bond acceptors (Lipinski definition) is 3. The van der Waals surface area contributed by atoms with Crippen molar-refractivity contribution in [3.05, 3.63) is 54.1 Å². The van der Waals surface area contributed by atoms with Crippen LogP contribution in [0.4, 0.5) is 17.1 Å². The van der Waals surface area contributed by atoms with Crippen molar-refractivity contribution in [3.63, 3.8) is 0 Å². The van der Waals surface area contributed by atoms with Crippen molar-refractivity contribution < 1.29 is 0 Å². The second-order valence-corrected chi connectivity index (χ2v) is 4.40. The summed E-state index contributed by atoms with van der Waals surface area (Å²) in [6.07, 6.45) is 0. The molecule has 0 aliphatic rings. The average molecular weight is 273 g/mol. The molecule has 2 aromatic carbocycles. The Morgan fingerprint density at radius 2 is 1.30 bits per heavy atom. The molecular formula is C17H27N3. The summed E-state index contributed by atoms with van der Waals surface area (Å²) in [6.45, 7) is 6.02. The van der Waals surface area contributed by atoms with E-state index in [1.54, 1.807) is 0 Å². The highest BCUT2D eigenvalue weighted by Crippen LogP contribution is 2.13. The first-order valence-corrected chi connectivity index (χ1v) is 6.84. The number of rotatable bonds is 1. The maximum absolute atomic E-state index is 5.57. The van der Waals surface area contributed by atoms with Crippen molar-refractivity contribution in [2.45, 2.75) is 20.8 Å². The highest BCUT2D eigenvalue weighted by atomic mass is 15.1. The van der Waals surface area contributed by atoms with Crippen LogP contribution in [0.15, 0.2) is 48.5 Å². The molecule has 0 aliphatic carbocycles. The molecule has 0 atom stereocenters. The molecule has 0 spiro atoms. The number of hydrogen-bond donors (Lipinski definition) is 2. The smallest absolute Gasteiger partial charge is 0.0381 e. The molecule has 0 bridgehead atoms. The number of nitrogens with two attached hydrogens (primary N) is 2. The number of anilines is 3. The van der Waals surface area contributed by atoms with Gasteiger partial charge in [0, 0.05) is 31.2 Å². The highest BCUT2D eigenvalue weighted by Gasteiger charge is 1.92. The van der Waals surface area contributed by atoms with Gasteiger partial charge in [-0.3, -0.25) is 0 Å². The predicted octanol–water partition coefficient (Wildman–Crippen LogP) is 3.94. The van der Waals surface area contributed by atoms with Gasteiger partial charge >= 0.3 is 0 Å². The van der Waals surface area contributed by atoms with Gasteiger partial charge in [0.15, 0.2) is 0 Å². The van der Waals surface area contributed by atoms with Gasteiger partial charge in [-0.25, -0.2) is 0 Å². The van der Waals surface area contributed by atoms with Crippen molar-refractivity contribution in [1.82, 2.24) is 0 Å². The quantitative estimate of drug-likeness (QED) is 0.774. The van der Waals surface area contributed by atoms with Crippen LogP contribution in [0.5, 0.6) is 0 Å². The molecule has 110 valence electrons. The molecule has 2 aromatic rings. The second-order valence-electron chi connectivity index (χ2n) is 4.40. The minimum absolute atomic E-state index is 0.811. The van der Waals surface area contributed by atoms with E-state index in [0.29, 0.717) is 0 Å². The maximum Gasteiger partial charge on any atom is 0.0381 e. The Morgan fingerprint density at radius 1 is 0.800 bits per heavy atom. The summed E-state index contributed by atoms with van der Waals surface area (Å²) in [4.78, 5) is 2.02. The van der Waals surface area contributed by atoms with E-state index in [1.807, 2.05) is 88.3 Å². The summed E-state index contributed by atoms with van der Waals surface area (Å²) in [5.41, 5.74) is 15.0. The Kier molecular flexibility index (Phi) is 8.68. The van der Waals surface area contributed by atoms with Gasteiger partial charge in [0.1, 0.15) is 0 Å². The summed E-state index contributed by atoms with van der Waals surface area (Å²) in [7, 11) is 3.99. The van der Waals surface area contributed by atoms with Crippen LogP contribution in [0, 0.1) is 6.92 Å². The van der Waals surface area contributed by atoms with E-state index < -0.39 is 0 Å². The van der Waals surface area contributed by atoms with Crippen molar-refractivity contribution in [2.75, 3.05) is 30.5 Å². The molecule has 2 rings (SSSR count). The van der Waals surface area contributed by atoms with Crippen LogP contribution in [-0.4, -0.2) is 14.1 Å². The molecule has 0 aromatic heterocycles. The molecule has 0 saturated heterocycles. The van der Waals surface area contributed by atoms with Gasteiger partial charge < -0.3 is 16.4 Å². The van der Waals surface area contributed by atoms with E-state index in [0.717, 1.165) is 17.1 Å². The molecule has 3 heteroatoms. The van der Waals surface area contributed by atoms with Crippen LogP contribution in [0.25, 0.3) is 0 Å². The molecule has 0 saturated carbocycles. The Balaban J connectivity index is 0.000000327. The third-order valence-corrected chi connectivity index (χ3v) is 2.43. The topological polar surface area (TPSA) is 55.3 Å². The van der Waals surface area contributed by atoms with E-state index in [2.05, 4.69) is 0 Å². The fourth-order valence-corrected chi connectivity index (χ4v) is 1.47. The van der Waals surface area contributed by atoms with Gasteiger partial charge in [0.25, 0.3) is 0 Å². The van der Waals surface area contributed by atoms with Crippen molar-refractivity contribution >= 4 is 17.1 Å². The van der Waals surface area contributed by atoms with Crippen molar-refractivity contribution in [2.24, 2.45) is 0 Å². The van der Waals surface area contributed by atoms with Crippen LogP contribution in [0.2, 0.25) is 0 Å². The van der Waals surface area contributed by atoms with Crippen LogP contribution < -0.4 is 16.4 Å². The van der Waals surface area contributed by atoms with Gasteiger partial charge in [-0.05, 0) is 42.8 Å². The van der Waals surface area contributed by atoms with Gasteiger partial charge in [-0.2, -0.15) is 0 Å². The van der Waals surface area contributed by atoms with Crippen molar-refractivity contribution in [3.8, 4) is 0 Å². The van der Waals surface area contributed by atoms with E-state index in [9.17, 15) is 0 Å². The lowest BCUT2D eigenvalue weighted by atomic mass is 10.2. The molecule has 0 unspecified atom stereocenters. The lowest BCUT2D eigenvalue weighted by Crippen LogP contribution is -2.08. The van der Waals surface area contributed by atoms with Crippen LogP contribution >= 0.6 is 0 Å². The molecule has 3 nitrogen and oxygen atoms in total. The summed E-state index contributed by atoms with van der Waals surface area (Å²) in [6, 6.07) is 15.6. The minimum Gasteiger partial charge on any atom is -0.399 e. The normalized spacial score (nSPS) is 8.65. The SMILES string of the molecule is CC.CN(C)c1cccc(N)c1.Cc1cccc(N)c1. The summed E-state index contributed by atoms with van der Waals surface area (Å²) in [5.74, 6) is 0. The monoisotopic (exact) mass is 273 g/mol. The van der Waals surface area contributed by atoms with E-state index in [4.69, 9.17) is 11.5 Å². The third kappa shape index (κ3) is 7.31. The van der Waals surface area contributed by atoms with Gasteiger partial charge in [0.2, 0.25) is 0 Å². The average Bonchev–Trinajstić information content (AvgIpc) is 2.41. The number of aryl methyl sites for hydroxylation is 1. The number of benzene rings is 2. The standard InChI is InChI=1S/C8H12N2.C7H9N.C2H6/c1-10(2)8-5-3-4-7(9)6-8;1-6-3-2-4-7(8)5-6;1-2/h3-6H,9H2,1-2H3;2-5H,8H2,1H3;1-2H3. The largest absolute Gasteiger partial charge is 0.399 e. The Bertz CT molecular complexity index is 476. The molecule has 0 aliphatic heterocycles. The van der Waals surface area contributed by atoms with Crippen LogP contribution in [0.1, 0.15) is 19.4 Å². The van der Waals surface area contributed by atoms with E-state index >= 15 is 0 Å². The Hall–Kier alpha value is -2.16. The lowest BCUT2D eigenvalue weighted by molar-refractivity contribution is 1.13. The maximum atomic E-state index is 5.57. The first kappa shape index (κ1) is 17.8. The molecular weight excluding hydrogens is 246 g/mol. The first-order chi connectivity index (χ1) is 9.49. The van der Waals surface area contributed by atoms with Gasteiger partial charge in [-0.15, -0.1) is 0 Å². The molecule has 0 heterocycles. The number of nitrogen functional groups attached to an aromatic ring is 2. The van der Waals surface area contributed by atoms with Crippen LogP contribution in [0.3, 0.4) is 0 Å². The number of nitrogens with zero attached hydrogens (tertiary/aromatic N) is 1. The second kappa shape index (κ2) is 9.73. The summed E-state index contributed by atoms with van der Waals surface area (Å²) >= 11 is 0. The summed E-state index contributed by atoms with van der Waals surface area (Å²) in [5, 5.41) is 0. The fourth-order valence-electron chi connectivity index (χ4n) is 1.47. The van der Waals surface area contributed by atoms with Gasteiger partial charge in [0.05, 0.1) is 0 Å². The Labute approximate surface area is 123 Å². The zero-order valence-electron chi connectivity index (χ0n) is 13.2. The van der Waals surface area contributed by atoms with E-state index in [1.165, 1.54) is 5.56 Å². The third-order valence-electron chi connectivity index (χ3n) is 2.43. The van der Waals surface area contributed by atoms with Crippen molar-refractivity contribution in [1.29, 1.82) is 0 Å². The Morgan fingerprint density at radius 3 is 1.60 bits per heavy atom. The molecule has 0 radical (unpaired) electrons. The van der Waals surface area contributed by atoms with Gasteiger partial charge in [-0.1, -0.05) is 32.0 Å². The lowest BCUT2D eigenvalue weighted by Gasteiger charge is -2.11. The molecule has 4 N–H and O–H groups in total.